The smallest absolute Gasteiger partial charge is 0.182 e. The standard InChI is InChI=1S/C20H18ClN5/c1-22-18-20-25-17(14-7-4-2-3-5-8-14)19(26(20)12-11-23-18)24-16-10-6-9-15(21)13-16/h2,4-13,24H,3H2,1H3,(H,22,23). The van der Waals surface area contributed by atoms with Gasteiger partial charge in [0.2, 0.25) is 0 Å². The quantitative estimate of drug-likeness (QED) is 0.679. The maximum Gasteiger partial charge on any atom is 0.182 e. The lowest BCUT2D eigenvalue weighted by Crippen LogP contribution is -2.00. The van der Waals surface area contributed by atoms with E-state index in [4.69, 9.17) is 16.6 Å². The Hall–Kier alpha value is -3.05. The fraction of sp³-hybridized carbons (Fsp3) is 0.100. The minimum Gasteiger partial charge on any atom is -0.370 e. The largest absolute Gasteiger partial charge is 0.370 e. The Morgan fingerprint density at radius 2 is 2.15 bits per heavy atom. The summed E-state index contributed by atoms with van der Waals surface area (Å²) in [7, 11) is 1.84. The molecule has 4 rings (SSSR count). The van der Waals surface area contributed by atoms with Crippen LogP contribution in [0.1, 0.15) is 12.1 Å². The van der Waals surface area contributed by atoms with Gasteiger partial charge in [-0.05, 0) is 24.6 Å². The molecule has 1 aliphatic carbocycles. The molecule has 0 fully saturated rings. The van der Waals surface area contributed by atoms with Gasteiger partial charge >= 0.3 is 0 Å². The van der Waals surface area contributed by atoms with Crippen molar-refractivity contribution in [3.8, 4) is 0 Å². The van der Waals surface area contributed by atoms with Gasteiger partial charge in [-0.15, -0.1) is 0 Å². The highest BCUT2D eigenvalue weighted by molar-refractivity contribution is 6.30. The topological polar surface area (TPSA) is 54.2 Å². The first-order valence-electron chi connectivity index (χ1n) is 8.37. The van der Waals surface area contributed by atoms with Gasteiger partial charge in [-0.25, -0.2) is 9.97 Å². The van der Waals surface area contributed by atoms with E-state index in [0.717, 1.165) is 40.7 Å². The summed E-state index contributed by atoms with van der Waals surface area (Å²) in [6, 6.07) is 7.64. The molecule has 0 atom stereocenters. The summed E-state index contributed by atoms with van der Waals surface area (Å²) >= 11 is 6.15. The molecule has 3 aromatic rings. The number of aromatic nitrogens is 3. The van der Waals surface area contributed by atoms with Crippen LogP contribution in [0.5, 0.6) is 0 Å². The first kappa shape index (κ1) is 16.4. The number of rotatable bonds is 4. The second-order valence-electron chi connectivity index (χ2n) is 5.85. The summed E-state index contributed by atoms with van der Waals surface area (Å²) in [4.78, 5) is 9.23. The van der Waals surface area contributed by atoms with E-state index in [9.17, 15) is 0 Å². The van der Waals surface area contributed by atoms with Crippen LogP contribution >= 0.6 is 11.6 Å². The lowest BCUT2D eigenvalue weighted by Gasteiger charge is -2.10. The lowest BCUT2D eigenvalue weighted by atomic mass is 10.1. The van der Waals surface area contributed by atoms with Crippen LogP contribution in [0.15, 0.2) is 67.0 Å². The molecular weight excluding hydrogens is 346 g/mol. The van der Waals surface area contributed by atoms with Gasteiger partial charge in [0, 0.05) is 35.7 Å². The highest BCUT2D eigenvalue weighted by atomic mass is 35.5. The Morgan fingerprint density at radius 1 is 1.23 bits per heavy atom. The van der Waals surface area contributed by atoms with Crippen LogP contribution in [0.3, 0.4) is 0 Å². The SMILES string of the molecule is CNc1nccn2c(Nc3cccc(Cl)c3)c(C3=CC=CCC=C3)nc12. The molecular formula is C20H18ClN5. The molecule has 0 radical (unpaired) electrons. The molecule has 2 aromatic heterocycles. The number of anilines is 3. The Kier molecular flexibility index (Phi) is 4.46. The van der Waals surface area contributed by atoms with Crippen molar-refractivity contribution in [3.63, 3.8) is 0 Å². The zero-order valence-corrected chi connectivity index (χ0v) is 15.0. The summed E-state index contributed by atoms with van der Waals surface area (Å²) in [6.45, 7) is 0. The molecule has 5 nitrogen and oxygen atoms in total. The molecule has 0 saturated carbocycles. The minimum absolute atomic E-state index is 0.680. The number of benzene rings is 1. The van der Waals surface area contributed by atoms with Crippen molar-refractivity contribution in [2.75, 3.05) is 17.7 Å². The number of nitrogens with one attached hydrogen (secondary N) is 2. The van der Waals surface area contributed by atoms with Crippen molar-refractivity contribution in [1.29, 1.82) is 0 Å². The van der Waals surface area contributed by atoms with Crippen molar-refractivity contribution in [2.24, 2.45) is 0 Å². The Bertz CT molecular complexity index is 1050. The van der Waals surface area contributed by atoms with Crippen molar-refractivity contribution >= 4 is 40.1 Å². The molecule has 0 aliphatic heterocycles. The molecule has 0 unspecified atom stereocenters. The molecule has 2 heterocycles. The second-order valence-corrected chi connectivity index (χ2v) is 6.29. The summed E-state index contributed by atoms with van der Waals surface area (Å²) in [6.07, 6.45) is 15.0. The lowest BCUT2D eigenvalue weighted by molar-refractivity contribution is 1.12. The van der Waals surface area contributed by atoms with Gasteiger partial charge in [0.25, 0.3) is 0 Å². The molecule has 0 spiro atoms. The normalized spacial score (nSPS) is 13.5. The predicted molar refractivity (Wildman–Crippen MR) is 108 cm³/mol. The Labute approximate surface area is 156 Å². The zero-order valence-electron chi connectivity index (χ0n) is 14.3. The summed E-state index contributed by atoms with van der Waals surface area (Å²) in [5, 5.41) is 7.25. The highest BCUT2D eigenvalue weighted by Crippen LogP contribution is 2.31. The molecule has 130 valence electrons. The molecule has 0 saturated heterocycles. The minimum atomic E-state index is 0.680. The predicted octanol–water partition coefficient (Wildman–Crippen LogP) is 5.07. The fourth-order valence-corrected chi connectivity index (χ4v) is 3.10. The average molecular weight is 364 g/mol. The van der Waals surface area contributed by atoms with Crippen LogP contribution in [-0.4, -0.2) is 21.4 Å². The fourth-order valence-electron chi connectivity index (χ4n) is 2.91. The summed E-state index contributed by atoms with van der Waals surface area (Å²) in [5.74, 6) is 1.59. The van der Waals surface area contributed by atoms with Crippen molar-refractivity contribution in [3.05, 3.63) is 77.8 Å². The molecule has 2 N–H and O–H groups in total. The van der Waals surface area contributed by atoms with E-state index in [1.807, 2.05) is 41.9 Å². The molecule has 6 heteroatoms. The van der Waals surface area contributed by atoms with Crippen molar-refractivity contribution < 1.29 is 0 Å². The number of halogens is 1. The molecule has 0 amide bonds. The van der Waals surface area contributed by atoms with E-state index < -0.39 is 0 Å². The van der Waals surface area contributed by atoms with Gasteiger partial charge < -0.3 is 10.6 Å². The molecule has 1 aromatic carbocycles. The number of allylic oxidation sites excluding steroid dienone is 6. The van der Waals surface area contributed by atoms with Crippen LogP contribution in [0, 0.1) is 0 Å². The maximum atomic E-state index is 6.15. The van der Waals surface area contributed by atoms with Crippen LogP contribution in [0.4, 0.5) is 17.3 Å². The summed E-state index contributed by atoms with van der Waals surface area (Å²) < 4.78 is 2.00. The third-order valence-corrected chi connectivity index (χ3v) is 4.36. The van der Waals surface area contributed by atoms with Gasteiger partial charge in [0.1, 0.15) is 11.5 Å². The van der Waals surface area contributed by atoms with Crippen LogP contribution in [-0.2, 0) is 0 Å². The number of imidazole rings is 1. The van der Waals surface area contributed by atoms with Crippen LogP contribution in [0.25, 0.3) is 11.2 Å². The van der Waals surface area contributed by atoms with Gasteiger partial charge in [-0.3, -0.25) is 4.40 Å². The van der Waals surface area contributed by atoms with E-state index in [-0.39, 0.29) is 0 Å². The molecule has 0 bridgehead atoms. The van der Waals surface area contributed by atoms with E-state index in [0.29, 0.717) is 5.02 Å². The van der Waals surface area contributed by atoms with E-state index in [1.165, 1.54) is 0 Å². The third kappa shape index (κ3) is 3.09. The number of nitrogens with zero attached hydrogens (tertiary/aromatic N) is 3. The average Bonchev–Trinajstić information content (AvgIpc) is 2.83. The second kappa shape index (κ2) is 7.06. The van der Waals surface area contributed by atoms with Gasteiger partial charge in [0.15, 0.2) is 11.5 Å². The van der Waals surface area contributed by atoms with Crippen molar-refractivity contribution in [1.82, 2.24) is 14.4 Å². The number of fused-ring (bicyclic) bond motifs is 1. The number of hydrogen-bond donors (Lipinski definition) is 2. The Morgan fingerprint density at radius 3 is 3.00 bits per heavy atom. The maximum absolute atomic E-state index is 6.15. The van der Waals surface area contributed by atoms with Gasteiger partial charge in [-0.2, -0.15) is 0 Å². The van der Waals surface area contributed by atoms with E-state index >= 15 is 0 Å². The van der Waals surface area contributed by atoms with Crippen molar-refractivity contribution in [2.45, 2.75) is 6.42 Å². The monoisotopic (exact) mass is 363 g/mol. The molecule has 26 heavy (non-hydrogen) atoms. The van der Waals surface area contributed by atoms with Crippen LogP contribution in [0.2, 0.25) is 5.02 Å². The van der Waals surface area contributed by atoms with Crippen LogP contribution < -0.4 is 10.6 Å². The van der Waals surface area contributed by atoms with E-state index in [2.05, 4.69) is 46.0 Å². The molecule has 1 aliphatic rings. The third-order valence-electron chi connectivity index (χ3n) is 4.12. The zero-order chi connectivity index (χ0) is 17.9. The van der Waals surface area contributed by atoms with Gasteiger partial charge in [-0.1, -0.05) is 48.0 Å². The van der Waals surface area contributed by atoms with E-state index in [1.54, 1.807) is 6.20 Å². The number of hydrogen-bond acceptors (Lipinski definition) is 4. The highest BCUT2D eigenvalue weighted by Gasteiger charge is 2.17. The first-order chi connectivity index (χ1) is 12.8. The Balaban J connectivity index is 1.91. The van der Waals surface area contributed by atoms with Gasteiger partial charge in [0.05, 0.1) is 0 Å². The summed E-state index contributed by atoms with van der Waals surface area (Å²) in [5.41, 5.74) is 3.56. The first-order valence-corrected chi connectivity index (χ1v) is 8.75.